The van der Waals surface area contributed by atoms with Crippen LogP contribution in [0.1, 0.15) is 33.0 Å². The van der Waals surface area contributed by atoms with Crippen molar-refractivity contribution in [2.75, 3.05) is 0 Å². The Kier molecular flexibility index (Phi) is 8.40. The molecule has 1 fully saturated rings. The first-order chi connectivity index (χ1) is 20.0. The van der Waals surface area contributed by atoms with E-state index in [-0.39, 0.29) is 31.3 Å². The largest absolute Gasteiger partial charge is 0.393 e. The minimum absolute atomic E-state index is 0.00486. The Morgan fingerprint density at radius 2 is 1.48 bits per heavy atom. The number of nitrogens with zero attached hydrogens (tertiary/aromatic N) is 3. The van der Waals surface area contributed by atoms with Gasteiger partial charge in [-0.3, -0.25) is 19.2 Å². The summed E-state index contributed by atoms with van der Waals surface area (Å²) in [4.78, 5) is 52.5. The molecule has 2 aliphatic heterocycles. The molecular formula is C22H6B12ClF2N3O4. The number of hydrogen-bond acceptors (Lipinski definition) is 4. The molecule has 1 saturated heterocycles. The van der Waals surface area contributed by atoms with Gasteiger partial charge in [0, 0.05) is 28.6 Å². The number of benzene rings is 2. The van der Waals surface area contributed by atoms with Crippen molar-refractivity contribution in [3.63, 3.8) is 0 Å². The van der Waals surface area contributed by atoms with E-state index in [1.54, 1.807) is 0 Å². The van der Waals surface area contributed by atoms with Crippen LogP contribution in [0.3, 0.4) is 0 Å². The molecule has 44 heavy (non-hydrogen) atoms. The fourth-order valence-electron chi connectivity index (χ4n) is 4.98. The Balaban J connectivity index is 1.68. The second kappa shape index (κ2) is 10.8. The predicted octanol–water partition coefficient (Wildman–Crippen LogP) is -5.43. The number of halogens is 3. The van der Waals surface area contributed by atoms with Crippen molar-refractivity contribution >= 4 is 152 Å². The molecule has 190 valence electrons. The van der Waals surface area contributed by atoms with E-state index in [0.29, 0.717) is 4.90 Å². The van der Waals surface area contributed by atoms with E-state index < -0.39 is 85.3 Å². The van der Waals surface area contributed by atoms with Crippen LogP contribution in [0.15, 0.2) is 18.2 Å². The summed E-state index contributed by atoms with van der Waals surface area (Å²) in [6.07, 6.45) is 0. The molecule has 2 aromatic carbocycles. The highest BCUT2D eigenvalue weighted by Crippen LogP contribution is 2.57. The van der Waals surface area contributed by atoms with Gasteiger partial charge in [0.2, 0.25) is 27.8 Å². The van der Waals surface area contributed by atoms with Crippen LogP contribution in [-0.4, -0.2) is 138 Å². The maximum absolute atomic E-state index is 15.5. The Morgan fingerprint density at radius 1 is 0.955 bits per heavy atom. The summed E-state index contributed by atoms with van der Waals surface area (Å²) >= 11 is 5.86. The topological polar surface area (TPSA) is 78.0 Å². The fourth-order valence-corrected chi connectivity index (χ4v) is 5.19. The maximum Gasteiger partial charge on any atom is 0.347 e. The number of piperidine rings is 1. The van der Waals surface area contributed by atoms with Crippen LogP contribution in [0, 0.1) is 0 Å². The number of rotatable bonds is 5. The molecule has 2 aromatic rings. The van der Waals surface area contributed by atoms with Crippen molar-refractivity contribution < 1.29 is 28.0 Å². The summed E-state index contributed by atoms with van der Waals surface area (Å²) in [7, 11) is 69.9. The molecule has 0 saturated carbocycles. The van der Waals surface area contributed by atoms with Gasteiger partial charge in [0.15, 0.2) is 0 Å². The van der Waals surface area contributed by atoms with Gasteiger partial charge in [0.1, 0.15) is 47.1 Å². The molecule has 4 rings (SSSR count). The second-order valence-electron chi connectivity index (χ2n) is 10.4. The maximum atomic E-state index is 15.5. The summed E-state index contributed by atoms with van der Waals surface area (Å²) in [6, 6.07) is 3.56. The third-order valence-electron chi connectivity index (χ3n) is 7.84. The smallest absolute Gasteiger partial charge is 0.347 e. The lowest BCUT2D eigenvalue weighted by atomic mass is 9.21. The molecule has 2 atom stereocenters. The molecule has 2 unspecified atom stereocenters. The summed E-state index contributed by atoms with van der Waals surface area (Å²) in [5.41, 5.74) is -6.76. The van der Waals surface area contributed by atoms with Gasteiger partial charge >= 0.3 is 5.92 Å². The van der Waals surface area contributed by atoms with Gasteiger partial charge < -0.3 is 14.5 Å². The Bertz CT molecular complexity index is 1640. The first kappa shape index (κ1) is 34.3. The van der Waals surface area contributed by atoms with E-state index in [2.05, 4.69) is 0 Å². The van der Waals surface area contributed by atoms with Gasteiger partial charge in [-0.15, -0.1) is 0 Å². The zero-order valence-electron chi connectivity index (χ0n) is 22.6. The first-order valence-electron chi connectivity index (χ1n) is 12.2. The summed E-state index contributed by atoms with van der Waals surface area (Å²) in [6.45, 7) is -0.518. The number of alkyl halides is 2. The van der Waals surface area contributed by atoms with Crippen LogP contribution in [0.5, 0.6) is 0 Å². The van der Waals surface area contributed by atoms with Crippen LogP contribution in [0.25, 0.3) is 0 Å². The highest BCUT2D eigenvalue weighted by atomic mass is 35.5. The number of fused-ring (bicyclic) bond motifs is 1. The molecule has 0 aliphatic carbocycles. The van der Waals surface area contributed by atoms with Crippen molar-refractivity contribution in [3.8, 4) is 0 Å². The molecule has 0 N–H and O–H groups in total. The van der Waals surface area contributed by atoms with E-state index in [4.69, 9.17) is 106 Å². The van der Waals surface area contributed by atoms with Crippen LogP contribution < -0.4 is 21.9 Å². The normalized spacial score (nSPS) is 21.7. The van der Waals surface area contributed by atoms with Crippen molar-refractivity contribution in [1.29, 1.82) is 0 Å². The number of carbonyl (C=O) groups is 4. The molecule has 2 heterocycles. The highest BCUT2D eigenvalue weighted by Gasteiger charge is 2.64. The van der Waals surface area contributed by atoms with Crippen LogP contribution >= 0.6 is 11.6 Å². The molecule has 0 aromatic heterocycles. The number of imide groups is 1. The lowest BCUT2D eigenvalue weighted by Crippen LogP contribution is -2.75. The molecule has 24 radical (unpaired) electrons. The zero-order chi connectivity index (χ0) is 33.6. The lowest BCUT2D eigenvalue weighted by Gasteiger charge is -2.62. The van der Waals surface area contributed by atoms with E-state index in [1.807, 2.05) is 0 Å². The SMILES string of the molecule is [B]c1c([B])c(C(F)(F)C(=O)N([B])C([B])c2ccc3c(c2)CN(C2([B])C(=O)N([B])C(=O)C([B])([B])C2([B])[B])C3=O)c([B])c([B])c1Cl. The predicted molar refractivity (Wildman–Crippen MR) is 169 cm³/mol. The fraction of sp³-hybridized carbons (Fsp3) is 0.273. The summed E-state index contributed by atoms with van der Waals surface area (Å²) in [5.74, 6) is -12.0. The summed E-state index contributed by atoms with van der Waals surface area (Å²) in [5, 5.41) is -5.86. The zero-order valence-corrected chi connectivity index (χ0v) is 23.3. The van der Waals surface area contributed by atoms with E-state index in [9.17, 15) is 19.2 Å². The lowest BCUT2D eigenvalue weighted by molar-refractivity contribution is -0.154. The third kappa shape index (κ3) is 4.45. The van der Waals surface area contributed by atoms with Crippen molar-refractivity contribution in [2.45, 2.75) is 34.3 Å². The van der Waals surface area contributed by atoms with Gasteiger partial charge in [-0.05, 0) is 22.4 Å². The van der Waals surface area contributed by atoms with Crippen LogP contribution in [0.2, 0.25) is 15.5 Å². The molecular weight excluding hydrogens is 573 g/mol. The van der Waals surface area contributed by atoms with Gasteiger partial charge in [-0.2, -0.15) is 8.78 Å². The highest BCUT2D eigenvalue weighted by molar-refractivity contribution is 6.68. The molecule has 0 spiro atoms. The van der Waals surface area contributed by atoms with Gasteiger partial charge in [0.25, 0.3) is 11.8 Å². The van der Waals surface area contributed by atoms with Crippen LogP contribution in [0.4, 0.5) is 8.78 Å². The minimum atomic E-state index is -4.50. The molecule has 22 heteroatoms. The van der Waals surface area contributed by atoms with Gasteiger partial charge in [-0.1, -0.05) is 50.8 Å². The minimum Gasteiger partial charge on any atom is -0.393 e. The standard InChI is InChI=1S/C22H6B12ClF2N3O4/c23-9-8(10(24)12(26)13(35)11(9)25)19(36,37)16(42)39(33)14(27)5-1-2-7-6(3-5)4-38(15(7)41)21(30)18(44)40(34)17(43)20(28,29)22(21,31)32/h1-3,14H,4H2. The van der Waals surface area contributed by atoms with E-state index in [1.165, 1.54) is 18.2 Å². The van der Waals surface area contributed by atoms with Crippen molar-refractivity contribution in [1.82, 2.24) is 14.5 Å². The van der Waals surface area contributed by atoms with E-state index >= 15 is 8.78 Å². The van der Waals surface area contributed by atoms with Crippen molar-refractivity contribution in [2.24, 2.45) is 0 Å². The molecule has 2 aliphatic rings. The first-order valence-corrected chi connectivity index (χ1v) is 12.5. The van der Waals surface area contributed by atoms with Gasteiger partial charge in [0.05, 0.1) is 36.8 Å². The average Bonchev–Trinajstić information content (AvgIpc) is 3.30. The molecule has 4 amide bonds. The number of amides is 4. The van der Waals surface area contributed by atoms with Gasteiger partial charge in [-0.25, -0.2) is 0 Å². The average molecular weight is 580 g/mol. The number of carbonyl (C=O) groups excluding carboxylic acids is 4. The Morgan fingerprint density at radius 3 is 2.00 bits per heavy atom. The molecule has 0 bridgehead atoms. The second-order valence-corrected chi connectivity index (χ2v) is 10.7. The van der Waals surface area contributed by atoms with E-state index in [0.717, 1.165) is 0 Å². The molecule has 7 nitrogen and oxygen atoms in total. The monoisotopic (exact) mass is 581 g/mol. The third-order valence-corrected chi connectivity index (χ3v) is 8.25. The van der Waals surface area contributed by atoms with Crippen molar-refractivity contribution in [3.05, 3.63) is 45.5 Å². The quantitative estimate of drug-likeness (QED) is 0.262. The Hall–Kier alpha value is -2.55. The summed E-state index contributed by atoms with van der Waals surface area (Å²) < 4.78 is 30.9. The Labute approximate surface area is 273 Å². The van der Waals surface area contributed by atoms with Crippen LogP contribution in [-0.2, 0) is 26.9 Å². The number of hydrogen-bond donors (Lipinski definition) is 0.